The standard InChI is InChI=1S/C15H13F2NO5S/c1-9-4-13(2-3-14(9)23-8-15(19)20)24(21,22)18-12-6-10(16)5-11(17)7-12/h2-7,18H,8H2,1H3,(H,19,20). The molecule has 0 heterocycles. The average molecular weight is 357 g/mol. The number of aliphatic carboxylic acids is 1. The summed E-state index contributed by atoms with van der Waals surface area (Å²) in [6, 6.07) is 6.07. The molecule has 128 valence electrons. The Kier molecular flexibility index (Phi) is 5.03. The number of sulfonamides is 1. The van der Waals surface area contributed by atoms with Gasteiger partial charge in [0.2, 0.25) is 0 Å². The average Bonchev–Trinajstić information content (AvgIpc) is 2.44. The van der Waals surface area contributed by atoms with Gasteiger partial charge in [-0.2, -0.15) is 0 Å². The molecule has 9 heteroatoms. The van der Waals surface area contributed by atoms with Crippen LogP contribution in [0.5, 0.6) is 5.75 Å². The van der Waals surface area contributed by atoms with Crippen LogP contribution in [0.25, 0.3) is 0 Å². The summed E-state index contributed by atoms with van der Waals surface area (Å²) in [7, 11) is -4.07. The van der Waals surface area contributed by atoms with E-state index in [1.54, 1.807) is 0 Å². The molecule has 2 N–H and O–H groups in total. The fraction of sp³-hybridized carbons (Fsp3) is 0.133. The van der Waals surface area contributed by atoms with E-state index < -0.39 is 34.2 Å². The van der Waals surface area contributed by atoms with E-state index in [4.69, 9.17) is 9.84 Å². The Balaban J connectivity index is 2.25. The van der Waals surface area contributed by atoms with Gasteiger partial charge in [0.1, 0.15) is 17.4 Å². The summed E-state index contributed by atoms with van der Waals surface area (Å²) in [5.41, 5.74) is 0.140. The van der Waals surface area contributed by atoms with Crippen molar-refractivity contribution in [3.63, 3.8) is 0 Å². The highest BCUT2D eigenvalue weighted by molar-refractivity contribution is 7.92. The zero-order valence-corrected chi connectivity index (χ0v) is 13.2. The maximum absolute atomic E-state index is 13.1. The minimum atomic E-state index is -4.07. The number of carbonyl (C=O) groups is 1. The maximum atomic E-state index is 13.1. The number of nitrogens with one attached hydrogen (secondary N) is 1. The van der Waals surface area contributed by atoms with Crippen molar-refractivity contribution in [2.24, 2.45) is 0 Å². The molecule has 0 aromatic heterocycles. The number of anilines is 1. The van der Waals surface area contributed by atoms with Crippen LogP contribution >= 0.6 is 0 Å². The predicted octanol–water partition coefficient (Wildman–Crippen LogP) is 2.54. The summed E-state index contributed by atoms with van der Waals surface area (Å²) in [6.45, 7) is 0.978. The van der Waals surface area contributed by atoms with Gasteiger partial charge in [-0.3, -0.25) is 4.72 Å². The molecular weight excluding hydrogens is 344 g/mol. The van der Waals surface area contributed by atoms with Gasteiger partial charge in [0.25, 0.3) is 10.0 Å². The van der Waals surface area contributed by atoms with Crippen LogP contribution in [0.2, 0.25) is 0 Å². The zero-order chi connectivity index (χ0) is 17.9. The second kappa shape index (κ2) is 6.83. The monoisotopic (exact) mass is 357 g/mol. The number of ether oxygens (including phenoxy) is 1. The fourth-order valence-corrected chi connectivity index (χ4v) is 3.04. The van der Waals surface area contributed by atoms with E-state index in [1.165, 1.54) is 25.1 Å². The number of benzene rings is 2. The van der Waals surface area contributed by atoms with Crippen LogP contribution in [0.1, 0.15) is 5.56 Å². The van der Waals surface area contributed by atoms with E-state index >= 15 is 0 Å². The molecule has 2 rings (SSSR count). The zero-order valence-electron chi connectivity index (χ0n) is 12.4. The smallest absolute Gasteiger partial charge is 0.341 e. The van der Waals surface area contributed by atoms with E-state index in [0.717, 1.165) is 12.1 Å². The van der Waals surface area contributed by atoms with E-state index in [1.807, 2.05) is 0 Å². The predicted molar refractivity (Wildman–Crippen MR) is 81.5 cm³/mol. The second-order valence-corrected chi connectivity index (χ2v) is 6.56. The molecule has 0 spiro atoms. The third-order valence-corrected chi connectivity index (χ3v) is 4.30. The van der Waals surface area contributed by atoms with Crippen molar-refractivity contribution in [2.45, 2.75) is 11.8 Å². The maximum Gasteiger partial charge on any atom is 0.341 e. The number of carboxylic acid groups (broad SMARTS) is 1. The van der Waals surface area contributed by atoms with E-state index in [9.17, 15) is 22.0 Å². The third kappa shape index (κ3) is 4.42. The second-order valence-electron chi connectivity index (χ2n) is 4.87. The first kappa shape index (κ1) is 17.7. The quantitative estimate of drug-likeness (QED) is 0.829. The number of aryl methyl sites for hydroxylation is 1. The van der Waals surface area contributed by atoms with Gasteiger partial charge in [-0.15, -0.1) is 0 Å². The molecular formula is C15H13F2NO5S. The van der Waals surface area contributed by atoms with Gasteiger partial charge >= 0.3 is 5.97 Å². The summed E-state index contributed by atoms with van der Waals surface area (Å²) in [5, 5.41) is 8.57. The molecule has 0 bridgehead atoms. The van der Waals surface area contributed by atoms with Crippen molar-refractivity contribution in [1.82, 2.24) is 0 Å². The molecule has 0 radical (unpaired) electrons. The van der Waals surface area contributed by atoms with Crippen molar-refractivity contribution in [1.29, 1.82) is 0 Å². The first-order valence-electron chi connectivity index (χ1n) is 6.61. The SMILES string of the molecule is Cc1cc(S(=O)(=O)Nc2cc(F)cc(F)c2)ccc1OCC(=O)O. The molecule has 0 aliphatic rings. The van der Waals surface area contributed by atoms with Crippen LogP contribution in [-0.4, -0.2) is 26.1 Å². The summed E-state index contributed by atoms with van der Waals surface area (Å²) in [4.78, 5) is 10.3. The number of rotatable bonds is 6. The Labute approximate surface area is 136 Å². The van der Waals surface area contributed by atoms with Gasteiger partial charge in [-0.1, -0.05) is 0 Å². The van der Waals surface area contributed by atoms with E-state index in [2.05, 4.69) is 4.72 Å². The molecule has 0 saturated carbocycles. The molecule has 0 fully saturated rings. The Morgan fingerprint density at radius 1 is 1.17 bits per heavy atom. The Hall–Kier alpha value is -2.68. The number of halogens is 2. The van der Waals surface area contributed by atoms with Gasteiger partial charge in [-0.05, 0) is 42.8 Å². The van der Waals surface area contributed by atoms with E-state index in [-0.39, 0.29) is 16.3 Å². The first-order valence-corrected chi connectivity index (χ1v) is 8.10. The van der Waals surface area contributed by atoms with Crippen LogP contribution in [0.15, 0.2) is 41.3 Å². The molecule has 2 aromatic rings. The van der Waals surface area contributed by atoms with Crippen molar-refractivity contribution in [3.05, 3.63) is 53.6 Å². The largest absolute Gasteiger partial charge is 0.482 e. The summed E-state index contributed by atoms with van der Waals surface area (Å²) < 4.78 is 57.9. The van der Waals surface area contributed by atoms with Crippen molar-refractivity contribution < 1.29 is 31.8 Å². The van der Waals surface area contributed by atoms with Gasteiger partial charge in [-0.25, -0.2) is 22.0 Å². The molecule has 0 saturated heterocycles. The minimum Gasteiger partial charge on any atom is -0.482 e. The van der Waals surface area contributed by atoms with E-state index in [0.29, 0.717) is 11.6 Å². The molecule has 0 amide bonds. The van der Waals surface area contributed by atoms with Crippen molar-refractivity contribution in [2.75, 3.05) is 11.3 Å². The molecule has 24 heavy (non-hydrogen) atoms. The van der Waals surface area contributed by atoms with Crippen LogP contribution in [0.3, 0.4) is 0 Å². The molecule has 2 aromatic carbocycles. The summed E-state index contributed by atoms with van der Waals surface area (Å²) >= 11 is 0. The normalized spacial score (nSPS) is 11.1. The van der Waals surface area contributed by atoms with Crippen LogP contribution in [0, 0.1) is 18.6 Å². The van der Waals surface area contributed by atoms with Crippen LogP contribution in [0.4, 0.5) is 14.5 Å². The minimum absolute atomic E-state index is 0.160. The number of carboxylic acids is 1. The third-order valence-electron chi connectivity index (χ3n) is 2.92. The number of hydrogen-bond acceptors (Lipinski definition) is 4. The topological polar surface area (TPSA) is 92.7 Å². The fourth-order valence-electron chi connectivity index (χ4n) is 1.92. The number of hydrogen-bond donors (Lipinski definition) is 2. The molecule has 0 atom stereocenters. The summed E-state index contributed by atoms with van der Waals surface area (Å²) in [6.07, 6.45) is 0. The van der Waals surface area contributed by atoms with Crippen LogP contribution < -0.4 is 9.46 Å². The molecule has 0 aliphatic carbocycles. The van der Waals surface area contributed by atoms with Crippen molar-refractivity contribution in [3.8, 4) is 5.75 Å². The van der Waals surface area contributed by atoms with Crippen molar-refractivity contribution >= 4 is 21.7 Å². The Morgan fingerprint density at radius 3 is 2.33 bits per heavy atom. The van der Waals surface area contributed by atoms with Gasteiger partial charge in [0, 0.05) is 6.07 Å². The Morgan fingerprint density at radius 2 is 1.79 bits per heavy atom. The summed E-state index contributed by atoms with van der Waals surface area (Å²) in [5.74, 6) is -2.78. The molecule has 0 aliphatic heterocycles. The highest BCUT2D eigenvalue weighted by Crippen LogP contribution is 2.24. The van der Waals surface area contributed by atoms with Crippen LogP contribution in [-0.2, 0) is 14.8 Å². The lowest BCUT2D eigenvalue weighted by Gasteiger charge is -2.11. The Bertz CT molecular complexity index is 863. The first-order chi connectivity index (χ1) is 11.2. The molecule has 0 unspecified atom stereocenters. The lowest BCUT2D eigenvalue weighted by molar-refractivity contribution is -0.139. The van der Waals surface area contributed by atoms with Gasteiger partial charge < -0.3 is 9.84 Å². The highest BCUT2D eigenvalue weighted by atomic mass is 32.2. The highest BCUT2D eigenvalue weighted by Gasteiger charge is 2.17. The lowest BCUT2D eigenvalue weighted by atomic mass is 10.2. The van der Waals surface area contributed by atoms with Gasteiger partial charge in [0.05, 0.1) is 10.6 Å². The molecule has 6 nitrogen and oxygen atoms in total. The van der Waals surface area contributed by atoms with Gasteiger partial charge in [0.15, 0.2) is 6.61 Å². The lowest BCUT2D eigenvalue weighted by Crippen LogP contribution is -2.14.